The highest BCUT2D eigenvalue weighted by Crippen LogP contribution is 2.41. The Kier molecular flexibility index (Phi) is 36.2. The van der Waals surface area contributed by atoms with Crippen LogP contribution in [0, 0.1) is 18.3 Å². The number of aliphatic hydroxyl groups is 1. The van der Waals surface area contributed by atoms with E-state index in [-0.39, 0.29) is 24.0 Å². The fraction of sp³-hybridized carbons (Fsp3) is 0.289. The lowest BCUT2D eigenvalue weighted by molar-refractivity contribution is -0.285. The number of aryl methyl sites for hydroxylation is 1. The number of carbonyl (C=O) groups is 2. The molecule has 11 rings (SSSR count). The monoisotopic (exact) mass is 1360 g/mol. The van der Waals surface area contributed by atoms with Crippen molar-refractivity contribution in [2.75, 3.05) is 20.3 Å². The van der Waals surface area contributed by atoms with Crippen LogP contribution in [0.15, 0.2) is 278 Å². The quantitative estimate of drug-likeness (QED) is 0.0427. The molecule has 10 atom stereocenters. The van der Waals surface area contributed by atoms with Gasteiger partial charge in [-0.3, -0.25) is 0 Å². The number of ether oxygens (including phenoxy) is 8. The molecule has 0 bridgehead atoms. The van der Waals surface area contributed by atoms with Gasteiger partial charge < -0.3 is 57.5 Å². The van der Waals surface area contributed by atoms with Crippen molar-refractivity contribution >= 4 is 36.8 Å². The molecule has 2 aliphatic rings. The molecule has 9 aromatic rings. The number of benzene rings is 9. The van der Waals surface area contributed by atoms with Gasteiger partial charge >= 0.3 is 0 Å². The Balaban J connectivity index is 0.000000239. The summed E-state index contributed by atoms with van der Waals surface area (Å²) in [6, 6.07) is 91.2. The van der Waals surface area contributed by atoms with Gasteiger partial charge in [0, 0.05) is 32.4 Å². The summed E-state index contributed by atoms with van der Waals surface area (Å²) < 4.78 is 50.9. The molecule has 0 amide bonds. The normalized spacial score (nSPS) is 19.7. The SMILES string of the molecule is C=O.C=O.CC#N.CC(C)=C(Cl)N(C)Cc1ccc(C)cc1.ClC1O[C@H](COCc2ccccc2)[C@@H](c2ccccc2)[C@H](OCc2ccccc2)[C@H]1OCc1ccccc1.OC1O[C@H](COCc2ccccc2)[C@@H](c2ccccc2)[C@H](OCc2ccccc2)[C@H]1OCc1ccccc1. The van der Waals surface area contributed by atoms with Crippen LogP contribution >= 0.6 is 23.2 Å². The van der Waals surface area contributed by atoms with Gasteiger partial charge in [0.1, 0.15) is 30.9 Å². The first-order chi connectivity index (χ1) is 48.0. The van der Waals surface area contributed by atoms with Crippen molar-refractivity contribution in [3.63, 3.8) is 0 Å². The molecule has 98 heavy (non-hydrogen) atoms. The highest BCUT2D eigenvalue weighted by molar-refractivity contribution is 6.29. The molecule has 1 N–H and O–H groups in total. The molecule has 0 saturated carbocycles. The molecule has 2 heterocycles. The van der Waals surface area contributed by atoms with Gasteiger partial charge in [-0.15, -0.1) is 0 Å². The third-order valence-electron chi connectivity index (χ3n) is 15.9. The van der Waals surface area contributed by atoms with Gasteiger partial charge in [0.05, 0.1) is 83.3 Å². The fourth-order valence-electron chi connectivity index (χ4n) is 11.2. The van der Waals surface area contributed by atoms with Crippen molar-refractivity contribution in [2.24, 2.45) is 0 Å². The van der Waals surface area contributed by atoms with Crippen molar-refractivity contribution in [3.05, 3.63) is 333 Å². The molecule has 13 nitrogen and oxygen atoms in total. The van der Waals surface area contributed by atoms with Crippen LogP contribution < -0.4 is 0 Å². The molecule has 9 aromatic carbocycles. The lowest BCUT2D eigenvalue weighted by Gasteiger charge is -2.45. The Bertz CT molecular complexity index is 3400. The number of aliphatic hydroxyl groups excluding tert-OH is 1. The second-order valence-corrected chi connectivity index (χ2v) is 24.2. The van der Waals surface area contributed by atoms with Crippen LogP contribution in [-0.2, 0) is 93.7 Å². The zero-order chi connectivity index (χ0) is 70.1. The molecule has 2 saturated heterocycles. The Morgan fingerprint density at radius 2 is 0.735 bits per heavy atom. The van der Waals surface area contributed by atoms with Gasteiger partial charge in [0.15, 0.2) is 11.9 Å². The highest BCUT2D eigenvalue weighted by Gasteiger charge is 2.49. The molecule has 514 valence electrons. The van der Waals surface area contributed by atoms with Crippen molar-refractivity contribution in [3.8, 4) is 6.07 Å². The molecule has 2 unspecified atom stereocenters. The van der Waals surface area contributed by atoms with Crippen LogP contribution in [0.4, 0.5) is 0 Å². The van der Waals surface area contributed by atoms with Crippen LogP contribution in [0.5, 0.6) is 0 Å². The van der Waals surface area contributed by atoms with Crippen LogP contribution in [0.3, 0.4) is 0 Å². The molecular weight excluding hydrogens is 1270 g/mol. The number of rotatable bonds is 25. The lowest BCUT2D eigenvalue weighted by Crippen LogP contribution is -2.56. The molecule has 0 aliphatic carbocycles. The number of halogens is 2. The summed E-state index contributed by atoms with van der Waals surface area (Å²) in [5.74, 6) is -0.341. The third-order valence-corrected chi connectivity index (χ3v) is 16.9. The smallest absolute Gasteiger partial charge is 0.184 e. The predicted octanol–water partition coefficient (Wildman–Crippen LogP) is 17.1. The maximum atomic E-state index is 11.2. The summed E-state index contributed by atoms with van der Waals surface area (Å²) in [6.07, 6.45) is -3.86. The Morgan fingerprint density at radius 3 is 1.07 bits per heavy atom. The second-order valence-electron chi connectivity index (χ2n) is 23.4. The largest absolute Gasteiger partial charge is 0.374 e. The van der Waals surface area contributed by atoms with Crippen molar-refractivity contribution < 1.29 is 52.6 Å². The van der Waals surface area contributed by atoms with Gasteiger partial charge in [0.25, 0.3) is 0 Å². The van der Waals surface area contributed by atoms with E-state index in [9.17, 15) is 5.11 Å². The van der Waals surface area contributed by atoms with Crippen LogP contribution in [0.2, 0.25) is 0 Å². The standard InChI is InChI=1S/C33H33ClO4.C33H34O5.C13H18ClN.C2H3N.2CH2O/c2*34-33-32(37-23-27-17-9-3-10-18-27)31(36-22-26-15-7-2-8-16-26)30(28-19-11-4-12-20-28)29(38-33)24-35-21-25-13-5-1-6-14-25;1-10(2)13(14)15(4)9-12-7-5-11(3)6-8-12;1-2-3;2*1-2/h1-20,29-33H,21-24H2;1-20,29-34H,21-24H2;5-8H,9H2,1-4H3;1H3;2*1H2/t2*29-,30-,31+,32-,33?;;;;/m11..../s1. The fourth-order valence-corrected chi connectivity index (χ4v) is 11.6. The number of carbonyl (C=O) groups excluding carboxylic acids is 2. The van der Waals surface area contributed by atoms with E-state index < -0.39 is 36.3 Å². The van der Waals surface area contributed by atoms with Crippen molar-refractivity contribution in [1.82, 2.24) is 4.90 Å². The molecule has 0 spiro atoms. The maximum absolute atomic E-state index is 11.2. The highest BCUT2D eigenvalue weighted by atomic mass is 35.5. The van der Waals surface area contributed by atoms with Crippen molar-refractivity contribution in [2.45, 2.75) is 134 Å². The molecular formula is C83H92Cl2N2O11. The Labute approximate surface area is 590 Å². The van der Waals surface area contributed by atoms with Crippen LogP contribution in [0.25, 0.3) is 0 Å². The van der Waals surface area contributed by atoms with Crippen molar-refractivity contribution in [1.29, 1.82) is 5.26 Å². The summed E-state index contributed by atoms with van der Waals surface area (Å²) in [5.41, 5.74) is 11.6. The van der Waals surface area contributed by atoms with Gasteiger partial charge in [-0.1, -0.05) is 296 Å². The average molecular weight is 1360 g/mol. The minimum absolute atomic E-state index is 0.133. The van der Waals surface area contributed by atoms with E-state index in [1.807, 2.05) is 229 Å². The molecule has 2 fully saturated rings. The minimum atomic E-state index is -1.16. The van der Waals surface area contributed by atoms with E-state index in [0.717, 1.165) is 61.8 Å². The van der Waals surface area contributed by atoms with Gasteiger partial charge in [0.2, 0.25) is 0 Å². The minimum Gasteiger partial charge on any atom is -0.374 e. The summed E-state index contributed by atoms with van der Waals surface area (Å²) in [5, 5.41) is 19.3. The summed E-state index contributed by atoms with van der Waals surface area (Å²) >= 11 is 13.0. The van der Waals surface area contributed by atoms with Crippen LogP contribution in [0.1, 0.15) is 88.2 Å². The first kappa shape index (κ1) is 78.6. The number of nitriles is 1. The van der Waals surface area contributed by atoms with E-state index in [0.29, 0.717) is 52.9 Å². The van der Waals surface area contributed by atoms with Gasteiger partial charge in [-0.05, 0) is 76.4 Å². The average Bonchev–Trinajstić information content (AvgIpc) is 0.789. The summed E-state index contributed by atoms with van der Waals surface area (Å²) in [4.78, 5) is 18.1. The summed E-state index contributed by atoms with van der Waals surface area (Å²) in [6.45, 7) is 15.7. The topological polar surface area (TPSA) is 155 Å². The number of hydrogen-bond acceptors (Lipinski definition) is 13. The van der Waals surface area contributed by atoms with Gasteiger partial charge in [-0.2, -0.15) is 5.26 Å². The van der Waals surface area contributed by atoms with E-state index in [1.165, 1.54) is 18.1 Å². The third kappa shape index (κ3) is 26.4. The van der Waals surface area contributed by atoms with Gasteiger partial charge in [-0.25, -0.2) is 0 Å². The Morgan fingerprint density at radius 1 is 0.449 bits per heavy atom. The maximum Gasteiger partial charge on any atom is 0.184 e. The van der Waals surface area contributed by atoms with E-state index in [1.54, 1.807) is 6.07 Å². The molecule has 2 aliphatic heterocycles. The zero-order valence-corrected chi connectivity index (χ0v) is 58.1. The second kappa shape index (κ2) is 45.2. The Hall–Kier alpha value is -8.43. The summed E-state index contributed by atoms with van der Waals surface area (Å²) in [7, 11) is 2.01. The number of hydrogen-bond donors (Lipinski definition) is 1. The van der Waals surface area contributed by atoms with E-state index >= 15 is 0 Å². The van der Waals surface area contributed by atoms with E-state index in [4.69, 9.17) is 75.9 Å². The van der Waals surface area contributed by atoms with Crippen LogP contribution in [-0.4, -0.2) is 92.3 Å². The number of allylic oxidation sites excluding steroid dienone is 1. The lowest BCUT2D eigenvalue weighted by atomic mass is 9.83. The molecule has 0 aromatic heterocycles. The first-order valence-electron chi connectivity index (χ1n) is 32.5. The zero-order valence-electron chi connectivity index (χ0n) is 56.6. The predicted molar refractivity (Wildman–Crippen MR) is 388 cm³/mol. The van der Waals surface area contributed by atoms with E-state index in [2.05, 4.69) is 84.6 Å². The molecule has 0 radical (unpaired) electrons. The number of alkyl halides is 1. The number of nitrogens with zero attached hydrogens (tertiary/aromatic N) is 2. The first-order valence-corrected chi connectivity index (χ1v) is 33.4. The molecule has 15 heteroatoms.